The summed E-state index contributed by atoms with van der Waals surface area (Å²) in [5.41, 5.74) is -1.34. The van der Waals surface area contributed by atoms with Gasteiger partial charge in [-0.2, -0.15) is 13.2 Å². The number of nitrogens with one attached hydrogen (secondary N) is 1. The van der Waals surface area contributed by atoms with Gasteiger partial charge in [-0.05, 0) is 12.1 Å². The summed E-state index contributed by atoms with van der Waals surface area (Å²) in [5.74, 6) is -1.75. The zero-order valence-corrected chi connectivity index (χ0v) is 14.4. The van der Waals surface area contributed by atoms with Crippen LogP contribution < -0.4 is 5.32 Å². The highest BCUT2D eigenvalue weighted by molar-refractivity contribution is 8.00. The summed E-state index contributed by atoms with van der Waals surface area (Å²) in [4.78, 5) is 35.7. The molecular formula is C15H17F3N2O4S. The van der Waals surface area contributed by atoms with Gasteiger partial charge in [-0.15, -0.1) is 11.8 Å². The number of anilines is 1. The Morgan fingerprint density at radius 2 is 1.84 bits per heavy atom. The molecule has 1 N–H and O–H groups in total. The third-order valence-electron chi connectivity index (χ3n) is 2.99. The number of methoxy groups -OCH3 is 1. The maximum absolute atomic E-state index is 12.9. The average molecular weight is 378 g/mol. The van der Waals surface area contributed by atoms with E-state index in [0.717, 1.165) is 28.8 Å². The van der Waals surface area contributed by atoms with Crippen LogP contribution in [0.5, 0.6) is 0 Å². The number of benzene rings is 1. The molecule has 0 aliphatic heterocycles. The van der Waals surface area contributed by atoms with E-state index in [0.29, 0.717) is 0 Å². The average Bonchev–Trinajstić information content (AvgIpc) is 2.53. The predicted octanol–water partition coefficient (Wildman–Crippen LogP) is 2.01. The van der Waals surface area contributed by atoms with Gasteiger partial charge in [0.25, 0.3) is 0 Å². The van der Waals surface area contributed by atoms with Gasteiger partial charge in [0.05, 0.1) is 36.4 Å². The number of hydrogen-bond acceptors (Lipinski definition) is 5. The van der Waals surface area contributed by atoms with Crippen LogP contribution in [0.1, 0.15) is 5.56 Å². The normalized spacial score (nSPS) is 10.9. The summed E-state index contributed by atoms with van der Waals surface area (Å²) in [6, 6.07) is 4.57. The van der Waals surface area contributed by atoms with Gasteiger partial charge >= 0.3 is 12.1 Å². The fraction of sp³-hybridized carbons (Fsp3) is 0.400. The van der Waals surface area contributed by atoms with Crippen molar-refractivity contribution in [2.24, 2.45) is 0 Å². The van der Waals surface area contributed by atoms with Crippen molar-refractivity contribution < 1.29 is 32.3 Å². The molecular weight excluding hydrogens is 361 g/mol. The van der Waals surface area contributed by atoms with Crippen LogP contribution in [0.25, 0.3) is 0 Å². The van der Waals surface area contributed by atoms with Gasteiger partial charge in [-0.3, -0.25) is 14.4 Å². The second-order valence-electron chi connectivity index (χ2n) is 4.91. The molecule has 6 nitrogen and oxygen atoms in total. The third-order valence-corrected chi connectivity index (χ3v) is 3.88. The Hall–Kier alpha value is -2.23. The van der Waals surface area contributed by atoms with E-state index < -0.39 is 36.1 Å². The van der Waals surface area contributed by atoms with Gasteiger partial charge in [0.1, 0.15) is 0 Å². The Morgan fingerprint density at radius 1 is 1.20 bits per heavy atom. The van der Waals surface area contributed by atoms with Gasteiger partial charge in [0.2, 0.25) is 11.8 Å². The standard InChI is InChI=1S/C15H17F3N2O4S/c1-20(13(22)8-25-9-14(23)24-2)7-12(21)19-11-6-4-3-5-10(11)15(16,17)18/h3-6H,7-9H2,1-2H3,(H,19,21). The molecule has 0 saturated carbocycles. The van der Waals surface area contributed by atoms with E-state index in [2.05, 4.69) is 10.1 Å². The molecule has 1 aromatic carbocycles. The van der Waals surface area contributed by atoms with Crippen LogP contribution in [0.15, 0.2) is 24.3 Å². The molecule has 2 amide bonds. The molecule has 0 heterocycles. The van der Waals surface area contributed by atoms with Crippen molar-refractivity contribution in [3.05, 3.63) is 29.8 Å². The number of hydrogen-bond donors (Lipinski definition) is 1. The van der Waals surface area contributed by atoms with Crippen molar-refractivity contribution in [2.45, 2.75) is 6.18 Å². The third kappa shape index (κ3) is 7.04. The Balaban J connectivity index is 2.57. The molecule has 1 aromatic rings. The van der Waals surface area contributed by atoms with Gasteiger partial charge in [0, 0.05) is 7.05 Å². The number of nitrogens with zero attached hydrogens (tertiary/aromatic N) is 1. The van der Waals surface area contributed by atoms with Crippen LogP contribution in [0.2, 0.25) is 0 Å². The quantitative estimate of drug-likeness (QED) is 0.735. The Morgan fingerprint density at radius 3 is 2.44 bits per heavy atom. The van der Waals surface area contributed by atoms with Crippen LogP contribution in [0.4, 0.5) is 18.9 Å². The van der Waals surface area contributed by atoms with Crippen LogP contribution in [0.3, 0.4) is 0 Å². The van der Waals surface area contributed by atoms with Crippen molar-refractivity contribution in [1.29, 1.82) is 0 Å². The highest BCUT2D eigenvalue weighted by atomic mass is 32.2. The van der Waals surface area contributed by atoms with Crippen LogP contribution in [-0.2, 0) is 25.3 Å². The Bertz CT molecular complexity index is 637. The number of carbonyl (C=O) groups excluding carboxylic acids is 3. The fourth-order valence-corrected chi connectivity index (χ4v) is 2.51. The first-order valence-electron chi connectivity index (χ1n) is 6.99. The van der Waals surface area contributed by atoms with Crippen molar-refractivity contribution in [3.63, 3.8) is 0 Å². The van der Waals surface area contributed by atoms with E-state index in [1.165, 1.54) is 26.3 Å². The number of para-hydroxylation sites is 1. The van der Waals surface area contributed by atoms with Crippen LogP contribution >= 0.6 is 11.8 Å². The lowest BCUT2D eigenvalue weighted by Crippen LogP contribution is -2.36. The van der Waals surface area contributed by atoms with E-state index in [9.17, 15) is 27.6 Å². The maximum atomic E-state index is 12.9. The van der Waals surface area contributed by atoms with Crippen molar-refractivity contribution >= 4 is 35.2 Å². The monoisotopic (exact) mass is 378 g/mol. The van der Waals surface area contributed by atoms with Crippen molar-refractivity contribution in [1.82, 2.24) is 4.90 Å². The fourth-order valence-electron chi connectivity index (χ4n) is 1.72. The number of likely N-dealkylation sites (N-methyl/N-ethyl adjacent to an activating group) is 1. The molecule has 10 heteroatoms. The molecule has 0 atom stereocenters. The van der Waals surface area contributed by atoms with E-state index in [-0.39, 0.29) is 17.2 Å². The first-order valence-corrected chi connectivity index (χ1v) is 8.15. The Kier molecular flexibility index (Phi) is 7.75. The van der Waals surface area contributed by atoms with Crippen LogP contribution in [-0.4, -0.2) is 54.9 Å². The molecule has 1 rings (SSSR count). The molecule has 0 bridgehead atoms. The minimum atomic E-state index is -4.60. The summed E-state index contributed by atoms with van der Waals surface area (Å²) >= 11 is 1.01. The van der Waals surface area contributed by atoms with Crippen molar-refractivity contribution in [3.8, 4) is 0 Å². The first kappa shape index (κ1) is 20.8. The molecule has 0 spiro atoms. The van der Waals surface area contributed by atoms with Gasteiger partial charge in [0.15, 0.2) is 0 Å². The van der Waals surface area contributed by atoms with E-state index in [1.54, 1.807) is 0 Å². The van der Waals surface area contributed by atoms with Crippen molar-refractivity contribution in [2.75, 3.05) is 37.5 Å². The summed E-state index contributed by atoms with van der Waals surface area (Å²) in [5, 5.41) is 2.15. The lowest BCUT2D eigenvalue weighted by Gasteiger charge is -2.18. The lowest BCUT2D eigenvalue weighted by atomic mass is 10.1. The smallest absolute Gasteiger partial charge is 0.418 e. The molecule has 138 valence electrons. The van der Waals surface area contributed by atoms with Crippen LogP contribution in [0, 0.1) is 0 Å². The zero-order chi connectivity index (χ0) is 19.0. The van der Waals surface area contributed by atoms with Gasteiger partial charge in [-0.1, -0.05) is 12.1 Å². The molecule has 0 aromatic heterocycles. The largest absolute Gasteiger partial charge is 0.468 e. The minimum Gasteiger partial charge on any atom is -0.468 e. The minimum absolute atomic E-state index is 0.0127. The number of thioether (sulfide) groups is 1. The summed E-state index contributed by atoms with van der Waals surface area (Å²) in [6.07, 6.45) is -4.60. The number of esters is 1. The molecule has 0 radical (unpaired) electrons. The maximum Gasteiger partial charge on any atom is 0.418 e. The molecule has 0 aliphatic rings. The number of amides is 2. The SMILES string of the molecule is COC(=O)CSCC(=O)N(C)CC(=O)Nc1ccccc1C(F)(F)F. The van der Waals surface area contributed by atoms with E-state index in [1.807, 2.05) is 0 Å². The predicted molar refractivity (Wildman–Crippen MR) is 87.1 cm³/mol. The molecule has 0 unspecified atom stereocenters. The summed E-state index contributed by atoms with van der Waals surface area (Å²) in [6.45, 7) is -0.413. The number of alkyl halides is 3. The lowest BCUT2D eigenvalue weighted by molar-refractivity contribution is -0.138. The number of carbonyl (C=O) groups is 3. The number of ether oxygens (including phenoxy) is 1. The highest BCUT2D eigenvalue weighted by Crippen LogP contribution is 2.34. The molecule has 0 aliphatic carbocycles. The molecule has 25 heavy (non-hydrogen) atoms. The van der Waals surface area contributed by atoms with Gasteiger partial charge in [-0.25, -0.2) is 0 Å². The van der Waals surface area contributed by atoms with E-state index in [4.69, 9.17) is 0 Å². The summed E-state index contributed by atoms with van der Waals surface area (Å²) < 4.78 is 43.0. The molecule has 0 saturated heterocycles. The second-order valence-corrected chi connectivity index (χ2v) is 5.90. The van der Waals surface area contributed by atoms with E-state index >= 15 is 0 Å². The topological polar surface area (TPSA) is 75.7 Å². The second kappa shape index (κ2) is 9.30. The number of rotatable bonds is 7. The van der Waals surface area contributed by atoms with Gasteiger partial charge < -0.3 is 15.0 Å². The highest BCUT2D eigenvalue weighted by Gasteiger charge is 2.33. The zero-order valence-electron chi connectivity index (χ0n) is 13.6. The summed E-state index contributed by atoms with van der Waals surface area (Å²) in [7, 11) is 2.57. The Labute approximate surface area is 146 Å². The molecule has 0 fully saturated rings. The first-order chi connectivity index (χ1) is 11.6. The number of halogens is 3.